The molecule has 1 atom stereocenters. The van der Waals surface area contributed by atoms with E-state index in [0.29, 0.717) is 35.2 Å². The molecule has 0 spiro atoms. The molecule has 2 heterocycles. The highest BCUT2D eigenvalue weighted by Crippen LogP contribution is 2.33. The van der Waals surface area contributed by atoms with Crippen LogP contribution in [0.25, 0.3) is 11.1 Å². The minimum atomic E-state index is -0.574. The molecule has 29 heavy (non-hydrogen) atoms. The first-order chi connectivity index (χ1) is 13.8. The summed E-state index contributed by atoms with van der Waals surface area (Å²) in [5.74, 6) is -0.845. The van der Waals surface area contributed by atoms with E-state index in [9.17, 15) is 19.2 Å². The average molecular weight is 396 g/mol. The van der Waals surface area contributed by atoms with Crippen molar-refractivity contribution in [3.63, 3.8) is 0 Å². The van der Waals surface area contributed by atoms with Crippen LogP contribution in [0, 0.1) is 31.0 Å². The SMILES string of the molecule is COc1nc(C)c(-c2cc(F)cc(C(=O)NCC3CCC(=O)N3)c2)c(C)c1C#N. The second-order valence-corrected chi connectivity index (χ2v) is 6.94. The van der Waals surface area contributed by atoms with Gasteiger partial charge in [0.1, 0.15) is 17.4 Å². The maximum atomic E-state index is 14.3. The number of halogens is 1. The lowest BCUT2D eigenvalue weighted by Gasteiger charge is -2.15. The van der Waals surface area contributed by atoms with Crippen LogP contribution in [-0.4, -0.2) is 36.5 Å². The van der Waals surface area contributed by atoms with Gasteiger partial charge in [0, 0.05) is 35.8 Å². The molecule has 0 bridgehead atoms. The van der Waals surface area contributed by atoms with E-state index < -0.39 is 11.7 Å². The molecule has 0 radical (unpaired) electrons. The first kappa shape index (κ1) is 20.3. The fourth-order valence-corrected chi connectivity index (χ4v) is 3.54. The molecule has 150 valence electrons. The molecule has 1 unspecified atom stereocenters. The molecule has 1 fully saturated rings. The molecule has 0 aliphatic carbocycles. The number of amides is 2. The number of benzene rings is 1. The van der Waals surface area contributed by atoms with Gasteiger partial charge in [0.25, 0.3) is 5.91 Å². The van der Waals surface area contributed by atoms with Gasteiger partial charge in [-0.05, 0) is 49.6 Å². The lowest BCUT2D eigenvalue weighted by atomic mass is 9.94. The van der Waals surface area contributed by atoms with E-state index in [1.807, 2.05) is 0 Å². The molecule has 2 amide bonds. The zero-order chi connectivity index (χ0) is 21.1. The third-order valence-corrected chi connectivity index (χ3v) is 4.94. The third kappa shape index (κ3) is 4.19. The van der Waals surface area contributed by atoms with Crippen LogP contribution in [0.1, 0.15) is 40.0 Å². The van der Waals surface area contributed by atoms with Gasteiger partial charge in [0.15, 0.2) is 0 Å². The number of rotatable bonds is 5. The van der Waals surface area contributed by atoms with Gasteiger partial charge in [-0.2, -0.15) is 5.26 Å². The van der Waals surface area contributed by atoms with E-state index in [1.165, 1.54) is 13.2 Å². The Hall–Kier alpha value is -3.47. The predicted molar refractivity (Wildman–Crippen MR) is 104 cm³/mol. The van der Waals surface area contributed by atoms with E-state index >= 15 is 0 Å². The summed E-state index contributed by atoms with van der Waals surface area (Å²) in [5, 5.41) is 14.9. The monoisotopic (exact) mass is 396 g/mol. The number of carbonyl (C=O) groups is 2. The Morgan fingerprint density at radius 1 is 1.41 bits per heavy atom. The van der Waals surface area contributed by atoms with E-state index in [4.69, 9.17) is 4.74 Å². The van der Waals surface area contributed by atoms with Crippen molar-refractivity contribution >= 4 is 11.8 Å². The Morgan fingerprint density at radius 2 is 2.17 bits per heavy atom. The summed E-state index contributed by atoms with van der Waals surface area (Å²) >= 11 is 0. The third-order valence-electron chi connectivity index (χ3n) is 4.94. The van der Waals surface area contributed by atoms with Gasteiger partial charge < -0.3 is 15.4 Å². The fourth-order valence-electron chi connectivity index (χ4n) is 3.54. The zero-order valence-corrected chi connectivity index (χ0v) is 16.4. The van der Waals surface area contributed by atoms with Gasteiger partial charge >= 0.3 is 0 Å². The second-order valence-electron chi connectivity index (χ2n) is 6.94. The van der Waals surface area contributed by atoms with Crippen LogP contribution in [0.3, 0.4) is 0 Å². The molecule has 3 rings (SSSR count). The fraction of sp³-hybridized carbons (Fsp3) is 0.333. The number of nitriles is 1. The molecule has 7 nitrogen and oxygen atoms in total. The number of methoxy groups -OCH3 is 1. The quantitative estimate of drug-likeness (QED) is 0.808. The Labute approximate surface area is 167 Å². The number of hydrogen-bond acceptors (Lipinski definition) is 5. The standard InChI is InChI=1S/C21H21FN4O3/c1-11-17(9-23)21(29-3)25-12(2)19(11)13-6-14(8-15(22)7-13)20(28)24-10-16-4-5-18(27)26-16/h6-8,16H,4-5,10H2,1-3H3,(H,24,28)(H,26,27). The van der Waals surface area contributed by atoms with Crippen molar-refractivity contribution in [2.24, 2.45) is 0 Å². The van der Waals surface area contributed by atoms with Crippen molar-refractivity contribution in [3.8, 4) is 23.1 Å². The zero-order valence-electron chi connectivity index (χ0n) is 16.4. The maximum absolute atomic E-state index is 14.3. The van der Waals surface area contributed by atoms with E-state index in [2.05, 4.69) is 21.7 Å². The van der Waals surface area contributed by atoms with Gasteiger partial charge in [-0.3, -0.25) is 9.59 Å². The number of aryl methyl sites for hydroxylation is 1. The Balaban J connectivity index is 1.93. The van der Waals surface area contributed by atoms with Crippen LogP contribution in [0.4, 0.5) is 4.39 Å². The number of hydrogen-bond donors (Lipinski definition) is 2. The summed E-state index contributed by atoms with van der Waals surface area (Å²) in [4.78, 5) is 28.1. The number of carbonyl (C=O) groups excluding carboxylic acids is 2. The normalized spacial score (nSPS) is 15.6. The van der Waals surface area contributed by atoms with E-state index in [1.54, 1.807) is 19.9 Å². The first-order valence-electron chi connectivity index (χ1n) is 9.17. The highest BCUT2D eigenvalue weighted by atomic mass is 19.1. The number of nitrogens with one attached hydrogen (secondary N) is 2. The molecule has 1 saturated heterocycles. The van der Waals surface area contributed by atoms with Crippen molar-refractivity contribution in [2.75, 3.05) is 13.7 Å². The van der Waals surface area contributed by atoms with Gasteiger partial charge in [-0.15, -0.1) is 0 Å². The highest BCUT2D eigenvalue weighted by molar-refractivity contribution is 5.96. The van der Waals surface area contributed by atoms with Gasteiger partial charge in [0.05, 0.1) is 7.11 Å². The molecule has 1 aromatic carbocycles. The lowest BCUT2D eigenvalue weighted by Crippen LogP contribution is -2.38. The van der Waals surface area contributed by atoms with Crippen molar-refractivity contribution in [3.05, 3.63) is 46.4 Å². The number of ether oxygens (including phenoxy) is 1. The second kappa shape index (κ2) is 8.27. The topological polar surface area (TPSA) is 104 Å². The minimum absolute atomic E-state index is 0.0384. The molecule has 2 aromatic rings. The molecular formula is C21H21FN4O3. The molecular weight excluding hydrogens is 375 g/mol. The van der Waals surface area contributed by atoms with E-state index in [-0.39, 0.29) is 35.5 Å². The Kier molecular flexibility index (Phi) is 5.78. The van der Waals surface area contributed by atoms with Crippen LogP contribution in [0.15, 0.2) is 18.2 Å². The van der Waals surface area contributed by atoms with Crippen molar-refractivity contribution in [1.29, 1.82) is 5.26 Å². The highest BCUT2D eigenvalue weighted by Gasteiger charge is 2.22. The lowest BCUT2D eigenvalue weighted by molar-refractivity contribution is -0.119. The summed E-state index contributed by atoms with van der Waals surface area (Å²) in [6.07, 6.45) is 1.09. The summed E-state index contributed by atoms with van der Waals surface area (Å²) in [6, 6.07) is 5.97. The smallest absolute Gasteiger partial charge is 0.251 e. The van der Waals surface area contributed by atoms with Gasteiger partial charge in [-0.25, -0.2) is 9.37 Å². The maximum Gasteiger partial charge on any atom is 0.251 e. The summed E-state index contributed by atoms with van der Waals surface area (Å²) in [6.45, 7) is 3.75. The average Bonchev–Trinajstić information content (AvgIpc) is 3.10. The van der Waals surface area contributed by atoms with Gasteiger partial charge in [-0.1, -0.05) is 0 Å². The Morgan fingerprint density at radius 3 is 2.79 bits per heavy atom. The molecule has 2 N–H and O–H groups in total. The van der Waals surface area contributed by atoms with E-state index in [0.717, 1.165) is 6.07 Å². The molecule has 1 aliphatic rings. The van der Waals surface area contributed by atoms with Crippen LogP contribution >= 0.6 is 0 Å². The minimum Gasteiger partial charge on any atom is -0.480 e. The molecule has 8 heteroatoms. The summed E-state index contributed by atoms with van der Waals surface area (Å²) in [5.41, 5.74) is 2.61. The summed E-state index contributed by atoms with van der Waals surface area (Å²) < 4.78 is 19.5. The van der Waals surface area contributed by atoms with Crippen LogP contribution in [0.2, 0.25) is 0 Å². The molecule has 0 saturated carbocycles. The Bertz CT molecular complexity index is 1030. The number of nitrogens with zero attached hydrogens (tertiary/aromatic N) is 2. The van der Waals surface area contributed by atoms with Gasteiger partial charge in [0.2, 0.25) is 11.8 Å². The van der Waals surface area contributed by atoms with Crippen LogP contribution in [-0.2, 0) is 4.79 Å². The molecule has 1 aliphatic heterocycles. The van der Waals surface area contributed by atoms with Crippen LogP contribution in [0.5, 0.6) is 5.88 Å². The first-order valence-corrected chi connectivity index (χ1v) is 9.17. The van der Waals surface area contributed by atoms with Crippen molar-refractivity contribution in [2.45, 2.75) is 32.7 Å². The summed E-state index contributed by atoms with van der Waals surface area (Å²) in [7, 11) is 1.43. The predicted octanol–water partition coefficient (Wildman–Crippen LogP) is 2.39. The number of pyridine rings is 1. The van der Waals surface area contributed by atoms with Crippen molar-refractivity contribution < 1.29 is 18.7 Å². The van der Waals surface area contributed by atoms with Crippen LogP contribution < -0.4 is 15.4 Å². The number of aromatic nitrogens is 1. The largest absolute Gasteiger partial charge is 0.480 e. The van der Waals surface area contributed by atoms with Crippen molar-refractivity contribution in [1.82, 2.24) is 15.6 Å². The molecule has 1 aromatic heterocycles.